The van der Waals surface area contributed by atoms with Gasteiger partial charge >= 0.3 is 0 Å². The molecule has 0 aromatic heterocycles. The molecule has 0 aromatic carbocycles. The van der Waals surface area contributed by atoms with E-state index >= 15 is 0 Å². The van der Waals surface area contributed by atoms with Crippen LogP contribution in [0, 0.1) is 5.92 Å². The van der Waals surface area contributed by atoms with Crippen LogP contribution in [0.5, 0.6) is 0 Å². The fourth-order valence-corrected chi connectivity index (χ4v) is 2.18. The third-order valence-electron chi connectivity index (χ3n) is 3.02. The molecule has 1 aliphatic carbocycles. The van der Waals surface area contributed by atoms with Gasteiger partial charge in [-0.2, -0.15) is 0 Å². The Hall–Kier alpha value is -0.0400. The fourth-order valence-electron chi connectivity index (χ4n) is 2.18. The van der Waals surface area contributed by atoms with Crippen molar-refractivity contribution < 1.29 is 0 Å². The summed E-state index contributed by atoms with van der Waals surface area (Å²) in [7, 11) is 4.45. The first kappa shape index (κ1) is 9.05. The quantitative estimate of drug-likeness (QED) is 0.605. The number of nitrogens with zero attached hydrogens (tertiary/aromatic N) is 1. The van der Waals surface area contributed by atoms with Gasteiger partial charge in [0.05, 0.1) is 0 Å². The molecule has 0 N–H and O–H groups in total. The zero-order valence-electron chi connectivity index (χ0n) is 8.35. The van der Waals surface area contributed by atoms with E-state index in [-0.39, 0.29) is 0 Å². The summed E-state index contributed by atoms with van der Waals surface area (Å²) in [4.78, 5) is 2.43. The first-order chi connectivity index (χ1) is 5.07. The molecule has 0 unspecified atom stereocenters. The minimum absolute atomic E-state index is 0.578. The predicted molar refractivity (Wildman–Crippen MR) is 49.7 cm³/mol. The van der Waals surface area contributed by atoms with Crippen LogP contribution in [0.15, 0.2) is 0 Å². The van der Waals surface area contributed by atoms with Gasteiger partial charge in [-0.1, -0.05) is 13.8 Å². The largest absolute Gasteiger partial charge is 0.304 e. The number of hydrogen-bond donors (Lipinski definition) is 0. The normalized spacial score (nSPS) is 22.4. The number of rotatable bonds is 3. The lowest BCUT2D eigenvalue weighted by Gasteiger charge is -2.48. The van der Waals surface area contributed by atoms with Crippen LogP contribution in [0.3, 0.4) is 0 Å². The van der Waals surface area contributed by atoms with Crippen molar-refractivity contribution in [2.75, 3.05) is 14.1 Å². The Kier molecular flexibility index (Phi) is 2.58. The van der Waals surface area contributed by atoms with Crippen LogP contribution in [-0.2, 0) is 0 Å². The minimum Gasteiger partial charge on any atom is -0.304 e. The first-order valence-corrected chi connectivity index (χ1v) is 4.74. The van der Waals surface area contributed by atoms with Crippen LogP contribution < -0.4 is 0 Å². The third-order valence-corrected chi connectivity index (χ3v) is 3.02. The van der Waals surface area contributed by atoms with Gasteiger partial charge in [0.25, 0.3) is 0 Å². The zero-order valence-corrected chi connectivity index (χ0v) is 8.35. The fraction of sp³-hybridized carbons (Fsp3) is 1.00. The highest BCUT2D eigenvalue weighted by Crippen LogP contribution is 2.40. The Morgan fingerprint density at radius 2 is 1.82 bits per heavy atom. The van der Waals surface area contributed by atoms with E-state index in [9.17, 15) is 0 Å². The summed E-state index contributed by atoms with van der Waals surface area (Å²) in [6.07, 6.45) is 5.64. The molecule has 0 atom stereocenters. The second-order valence-corrected chi connectivity index (χ2v) is 4.57. The van der Waals surface area contributed by atoms with Crippen LogP contribution in [0.4, 0.5) is 0 Å². The van der Waals surface area contributed by atoms with E-state index in [1.165, 1.54) is 25.7 Å². The predicted octanol–water partition coefficient (Wildman–Crippen LogP) is 2.52. The molecule has 1 rings (SSSR count). The highest BCUT2D eigenvalue weighted by Gasteiger charge is 2.38. The smallest absolute Gasteiger partial charge is 0.0206 e. The van der Waals surface area contributed by atoms with Crippen LogP contribution in [0.1, 0.15) is 39.5 Å². The van der Waals surface area contributed by atoms with Gasteiger partial charge in [0.15, 0.2) is 0 Å². The molecule has 0 heterocycles. The lowest BCUT2D eigenvalue weighted by molar-refractivity contribution is 0.0390. The van der Waals surface area contributed by atoms with E-state index in [1.807, 2.05) is 0 Å². The summed E-state index contributed by atoms with van der Waals surface area (Å²) in [5, 5.41) is 0. The topological polar surface area (TPSA) is 3.24 Å². The summed E-state index contributed by atoms with van der Waals surface area (Å²) < 4.78 is 0. The van der Waals surface area contributed by atoms with E-state index in [0.29, 0.717) is 5.54 Å². The van der Waals surface area contributed by atoms with Gasteiger partial charge in [-0.05, 0) is 45.7 Å². The standard InChI is InChI=1S/C10H21N/c1-9(2)8-10(11(3)4)6-5-7-10/h9H,5-8H2,1-4H3. The molecule has 0 amide bonds. The molecule has 66 valence electrons. The average molecular weight is 155 g/mol. The molecule has 0 aromatic rings. The highest BCUT2D eigenvalue weighted by molar-refractivity contribution is 4.96. The van der Waals surface area contributed by atoms with Gasteiger partial charge in [-0.25, -0.2) is 0 Å². The molecule has 0 spiro atoms. The molecule has 0 saturated heterocycles. The molecule has 0 aliphatic heterocycles. The molecule has 1 fully saturated rings. The lowest BCUT2D eigenvalue weighted by Crippen LogP contribution is -2.50. The highest BCUT2D eigenvalue weighted by atomic mass is 15.2. The van der Waals surface area contributed by atoms with E-state index in [0.717, 1.165) is 5.92 Å². The van der Waals surface area contributed by atoms with Gasteiger partial charge in [-0.3, -0.25) is 0 Å². The molecule has 1 heteroatoms. The summed E-state index contributed by atoms with van der Waals surface area (Å²) in [5.41, 5.74) is 0.578. The van der Waals surface area contributed by atoms with Crippen LogP contribution >= 0.6 is 0 Å². The van der Waals surface area contributed by atoms with Crippen molar-refractivity contribution in [3.8, 4) is 0 Å². The van der Waals surface area contributed by atoms with E-state index < -0.39 is 0 Å². The maximum atomic E-state index is 2.43. The van der Waals surface area contributed by atoms with Crippen LogP contribution in [0.25, 0.3) is 0 Å². The third kappa shape index (κ3) is 1.76. The van der Waals surface area contributed by atoms with E-state index in [4.69, 9.17) is 0 Å². The van der Waals surface area contributed by atoms with Gasteiger partial charge in [0.2, 0.25) is 0 Å². The second-order valence-electron chi connectivity index (χ2n) is 4.57. The Balaban J connectivity index is 2.47. The van der Waals surface area contributed by atoms with Crippen molar-refractivity contribution in [1.82, 2.24) is 4.90 Å². The van der Waals surface area contributed by atoms with E-state index in [2.05, 4.69) is 32.8 Å². The SMILES string of the molecule is CC(C)CC1(N(C)C)CCC1. The van der Waals surface area contributed by atoms with Gasteiger partial charge in [-0.15, -0.1) is 0 Å². The van der Waals surface area contributed by atoms with Gasteiger partial charge in [0, 0.05) is 5.54 Å². The Morgan fingerprint density at radius 1 is 1.27 bits per heavy atom. The molecule has 0 bridgehead atoms. The first-order valence-electron chi connectivity index (χ1n) is 4.74. The summed E-state index contributed by atoms with van der Waals surface area (Å²) >= 11 is 0. The minimum atomic E-state index is 0.578. The van der Waals surface area contributed by atoms with Crippen LogP contribution in [-0.4, -0.2) is 24.5 Å². The summed E-state index contributed by atoms with van der Waals surface area (Å²) in [5.74, 6) is 0.845. The Bertz CT molecular complexity index is 123. The molecule has 11 heavy (non-hydrogen) atoms. The molecule has 1 aliphatic rings. The zero-order chi connectivity index (χ0) is 8.48. The monoisotopic (exact) mass is 155 g/mol. The van der Waals surface area contributed by atoms with Crippen molar-refractivity contribution in [3.63, 3.8) is 0 Å². The van der Waals surface area contributed by atoms with Crippen molar-refractivity contribution in [2.24, 2.45) is 5.92 Å². The number of hydrogen-bond acceptors (Lipinski definition) is 1. The Labute approximate surface area is 70.8 Å². The molecular weight excluding hydrogens is 134 g/mol. The molecule has 1 saturated carbocycles. The lowest BCUT2D eigenvalue weighted by atomic mass is 9.71. The van der Waals surface area contributed by atoms with Crippen LogP contribution in [0.2, 0.25) is 0 Å². The maximum absolute atomic E-state index is 2.43. The Morgan fingerprint density at radius 3 is 1.91 bits per heavy atom. The second kappa shape index (κ2) is 3.14. The molecule has 0 radical (unpaired) electrons. The van der Waals surface area contributed by atoms with Crippen molar-refractivity contribution in [2.45, 2.75) is 45.1 Å². The maximum Gasteiger partial charge on any atom is 0.0206 e. The molecule has 1 nitrogen and oxygen atoms in total. The summed E-state index contributed by atoms with van der Waals surface area (Å²) in [6.45, 7) is 4.65. The van der Waals surface area contributed by atoms with Gasteiger partial charge in [0.1, 0.15) is 0 Å². The average Bonchev–Trinajstić information content (AvgIpc) is 1.77. The van der Waals surface area contributed by atoms with Crippen molar-refractivity contribution >= 4 is 0 Å². The summed E-state index contributed by atoms with van der Waals surface area (Å²) in [6, 6.07) is 0. The van der Waals surface area contributed by atoms with Gasteiger partial charge < -0.3 is 4.90 Å². The molecular formula is C10H21N. The van der Waals surface area contributed by atoms with E-state index in [1.54, 1.807) is 0 Å². The van der Waals surface area contributed by atoms with Crippen molar-refractivity contribution in [3.05, 3.63) is 0 Å². The van der Waals surface area contributed by atoms with Crippen molar-refractivity contribution in [1.29, 1.82) is 0 Å².